The summed E-state index contributed by atoms with van der Waals surface area (Å²) in [6, 6.07) is 7.35. The van der Waals surface area contributed by atoms with E-state index in [0.717, 1.165) is 18.6 Å². The van der Waals surface area contributed by atoms with Crippen molar-refractivity contribution in [3.8, 4) is 5.75 Å². The van der Waals surface area contributed by atoms with Crippen molar-refractivity contribution in [1.82, 2.24) is 4.90 Å². The minimum atomic E-state index is -0.439. The van der Waals surface area contributed by atoms with Gasteiger partial charge in [-0.2, -0.15) is 0 Å². The van der Waals surface area contributed by atoms with E-state index in [1.54, 1.807) is 0 Å². The molecule has 1 spiro atoms. The molecule has 1 aromatic carbocycles. The number of carbonyl (C=O) groups is 1. The molecule has 5 heteroatoms. The van der Waals surface area contributed by atoms with Crippen LogP contribution in [0.25, 0.3) is 0 Å². The Morgan fingerprint density at radius 1 is 1.14 bits per heavy atom. The second-order valence-corrected chi connectivity index (χ2v) is 6.09. The van der Waals surface area contributed by atoms with Crippen LogP contribution in [-0.4, -0.2) is 49.0 Å². The van der Waals surface area contributed by atoms with Gasteiger partial charge in [0.2, 0.25) is 0 Å². The third kappa shape index (κ3) is 3.25. The van der Waals surface area contributed by atoms with Crippen LogP contribution in [0.1, 0.15) is 37.0 Å². The van der Waals surface area contributed by atoms with Gasteiger partial charge in [-0.05, 0) is 38.1 Å². The highest BCUT2D eigenvalue weighted by atomic mass is 16.7. The molecule has 5 nitrogen and oxygen atoms in total. The minimum absolute atomic E-state index is 0.0592. The molecule has 2 aliphatic rings. The molecule has 2 fully saturated rings. The van der Waals surface area contributed by atoms with Gasteiger partial charge in [-0.1, -0.05) is 0 Å². The molecule has 22 heavy (non-hydrogen) atoms. The predicted octanol–water partition coefficient (Wildman–Crippen LogP) is 2.45. The highest BCUT2D eigenvalue weighted by Crippen LogP contribution is 2.31. The molecule has 0 saturated carbocycles. The van der Waals surface area contributed by atoms with E-state index in [2.05, 4.69) is 0 Å². The molecule has 0 atom stereocenters. The van der Waals surface area contributed by atoms with Gasteiger partial charge in [0.25, 0.3) is 5.91 Å². The lowest BCUT2D eigenvalue weighted by Gasteiger charge is -2.37. The summed E-state index contributed by atoms with van der Waals surface area (Å²) >= 11 is 0. The van der Waals surface area contributed by atoms with Gasteiger partial charge in [0.05, 0.1) is 19.3 Å². The number of ether oxygens (including phenoxy) is 3. The van der Waals surface area contributed by atoms with Crippen LogP contribution in [0, 0.1) is 0 Å². The summed E-state index contributed by atoms with van der Waals surface area (Å²) in [7, 11) is 0. The van der Waals surface area contributed by atoms with Gasteiger partial charge in [-0.15, -0.1) is 0 Å². The van der Waals surface area contributed by atoms with Gasteiger partial charge in [0, 0.05) is 31.5 Å². The number of benzene rings is 1. The second-order valence-electron chi connectivity index (χ2n) is 6.09. The van der Waals surface area contributed by atoms with Gasteiger partial charge in [-0.3, -0.25) is 4.79 Å². The molecule has 0 aromatic heterocycles. The molecule has 3 rings (SSSR count). The topological polar surface area (TPSA) is 48.0 Å². The van der Waals surface area contributed by atoms with Crippen LogP contribution in [0.3, 0.4) is 0 Å². The third-order valence-electron chi connectivity index (χ3n) is 4.10. The standard InChI is InChI=1S/C17H23NO4/c1-13(2)22-15-5-3-14(4-6-15)16(19)18-9-7-17(8-10-18)20-11-12-21-17/h3-6,13H,7-12H2,1-2H3. The maximum atomic E-state index is 12.5. The molecule has 1 aromatic rings. The Morgan fingerprint density at radius 3 is 2.27 bits per heavy atom. The molecule has 0 aliphatic carbocycles. The van der Waals surface area contributed by atoms with E-state index in [1.807, 2.05) is 43.0 Å². The minimum Gasteiger partial charge on any atom is -0.491 e. The SMILES string of the molecule is CC(C)Oc1ccc(C(=O)N2CCC3(CC2)OCCO3)cc1. The van der Waals surface area contributed by atoms with E-state index in [9.17, 15) is 4.79 Å². The molecule has 0 bridgehead atoms. The predicted molar refractivity (Wildman–Crippen MR) is 82.0 cm³/mol. The fourth-order valence-corrected chi connectivity index (χ4v) is 2.97. The first-order chi connectivity index (χ1) is 10.6. The summed E-state index contributed by atoms with van der Waals surface area (Å²) in [5.41, 5.74) is 0.695. The maximum absolute atomic E-state index is 12.5. The number of likely N-dealkylation sites (tertiary alicyclic amines) is 1. The number of hydrogen-bond donors (Lipinski definition) is 0. The summed E-state index contributed by atoms with van der Waals surface area (Å²) in [5.74, 6) is 0.409. The number of amides is 1. The quantitative estimate of drug-likeness (QED) is 0.860. The molecule has 0 N–H and O–H groups in total. The fourth-order valence-electron chi connectivity index (χ4n) is 2.97. The highest BCUT2D eigenvalue weighted by Gasteiger charge is 2.40. The molecule has 0 radical (unpaired) electrons. The number of hydrogen-bond acceptors (Lipinski definition) is 4. The van der Waals surface area contributed by atoms with Crippen molar-refractivity contribution in [2.45, 2.75) is 38.6 Å². The van der Waals surface area contributed by atoms with Crippen molar-refractivity contribution >= 4 is 5.91 Å². The van der Waals surface area contributed by atoms with E-state index in [4.69, 9.17) is 14.2 Å². The van der Waals surface area contributed by atoms with E-state index in [-0.39, 0.29) is 12.0 Å². The Labute approximate surface area is 131 Å². The van der Waals surface area contributed by atoms with E-state index < -0.39 is 5.79 Å². The highest BCUT2D eigenvalue weighted by molar-refractivity contribution is 5.94. The normalized spacial score (nSPS) is 20.6. The lowest BCUT2D eigenvalue weighted by Crippen LogP contribution is -2.47. The number of nitrogens with zero attached hydrogens (tertiary/aromatic N) is 1. The van der Waals surface area contributed by atoms with Gasteiger partial charge in [0.15, 0.2) is 5.79 Å². The van der Waals surface area contributed by atoms with Crippen LogP contribution in [0.2, 0.25) is 0 Å². The summed E-state index contributed by atoms with van der Waals surface area (Å²) in [4.78, 5) is 14.4. The van der Waals surface area contributed by atoms with Crippen LogP contribution in [-0.2, 0) is 9.47 Å². The van der Waals surface area contributed by atoms with Crippen LogP contribution in [0.4, 0.5) is 0 Å². The summed E-state index contributed by atoms with van der Waals surface area (Å²) in [6.45, 7) is 6.62. The molecule has 120 valence electrons. The van der Waals surface area contributed by atoms with Crippen molar-refractivity contribution in [3.05, 3.63) is 29.8 Å². The maximum Gasteiger partial charge on any atom is 0.253 e. The first-order valence-electron chi connectivity index (χ1n) is 7.92. The smallest absolute Gasteiger partial charge is 0.253 e. The van der Waals surface area contributed by atoms with Crippen LogP contribution in [0.15, 0.2) is 24.3 Å². The zero-order chi connectivity index (χ0) is 15.6. The fraction of sp³-hybridized carbons (Fsp3) is 0.588. The van der Waals surface area contributed by atoms with Gasteiger partial charge in [0.1, 0.15) is 5.75 Å². The Kier molecular flexibility index (Phi) is 4.36. The second kappa shape index (κ2) is 6.26. The molecular formula is C17H23NO4. The van der Waals surface area contributed by atoms with E-state index >= 15 is 0 Å². The number of carbonyl (C=O) groups excluding carboxylic acids is 1. The first kappa shape index (κ1) is 15.3. The van der Waals surface area contributed by atoms with Crippen molar-refractivity contribution in [2.75, 3.05) is 26.3 Å². The van der Waals surface area contributed by atoms with Crippen LogP contribution in [0.5, 0.6) is 5.75 Å². The number of rotatable bonds is 3. The third-order valence-corrected chi connectivity index (χ3v) is 4.10. The first-order valence-corrected chi connectivity index (χ1v) is 7.92. The lowest BCUT2D eigenvalue weighted by atomic mass is 10.0. The Hall–Kier alpha value is -1.59. The van der Waals surface area contributed by atoms with Crippen molar-refractivity contribution in [3.63, 3.8) is 0 Å². The van der Waals surface area contributed by atoms with Gasteiger partial charge in [-0.25, -0.2) is 0 Å². The zero-order valence-electron chi connectivity index (χ0n) is 13.2. The molecule has 2 saturated heterocycles. The zero-order valence-corrected chi connectivity index (χ0v) is 13.2. The average molecular weight is 305 g/mol. The molecular weight excluding hydrogens is 282 g/mol. The van der Waals surface area contributed by atoms with Crippen LogP contribution < -0.4 is 4.74 Å². The van der Waals surface area contributed by atoms with E-state index in [1.165, 1.54) is 0 Å². The molecule has 0 unspecified atom stereocenters. The lowest BCUT2D eigenvalue weighted by molar-refractivity contribution is -0.181. The molecule has 2 heterocycles. The summed E-state index contributed by atoms with van der Waals surface area (Å²) < 4.78 is 17.0. The average Bonchev–Trinajstić information content (AvgIpc) is 2.96. The molecule has 2 aliphatic heterocycles. The monoisotopic (exact) mass is 305 g/mol. The van der Waals surface area contributed by atoms with Crippen molar-refractivity contribution < 1.29 is 19.0 Å². The number of piperidine rings is 1. The summed E-state index contributed by atoms with van der Waals surface area (Å²) in [6.07, 6.45) is 1.62. The Morgan fingerprint density at radius 2 is 1.73 bits per heavy atom. The molecule has 1 amide bonds. The van der Waals surface area contributed by atoms with Crippen molar-refractivity contribution in [1.29, 1.82) is 0 Å². The van der Waals surface area contributed by atoms with Gasteiger partial charge >= 0.3 is 0 Å². The van der Waals surface area contributed by atoms with Crippen LogP contribution >= 0.6 is 0 Å². The largest absolute Gasteiger partial charge is 0.491 e. The van der Waals surface area contributed by atoms with E-state index in [0.29, 0.717) is 31.9 Å². The van der Waals surface area contributed by atoms with Crippen molar-refractivity contribution in [2.24, 2.45) is 0 Å². The summed E-state index contributed by atoms with van der Waals surface area (Å²) in [5, 5.41) is 0. The Bertz CT molecular complexity index is 510. The van der Waals surface area contributed by atoms with Gasteiger partial charge < -0.3 is 19.1 Å². The Balaban J connectivity index is 1.60.